The topological polar surface area (TPSA) is 53.3 Å². The Balaban J connectivity index is 1.64. The van der Waals surface area contributed by atoms with Gasteiger partial charge >= 0.3 is 0 Å². The van der Waals surface area contributed by atoms with Crippen LogP contribution in [0.25, 0.3) is 0 Å². The number of anilines is 2. The number of aliphatic hydroxyl groups excluding tert-OH is 1. The summed E-state index contributed by atoms with van der Waals surface area (Å²) >= 11 is 0. The summed E-state index contributed by atoms with van der Waals surface area (Å²) in [6.45, 7) is 7.80. The molecule has 1 fully saturated rings. The van der Waals surface area contributed by atoms with E-state index < -0.39 is 0 Å². The molecule has 0 saturated carbocycles. The summed E-state index contributed by atoms with van der Waals surface area (Å²) in [5.74, 6) is 1.00. The Kier molecular flexibility index (Phi) is 5.41. The molecule has 1 aliphatic rings. The Labute approximate surface area is 144 Å². The molecule has 5 heteroatoms. The zero-order valence-corrected chi connectivity index (χ0v) is 14.8. The van der Waals surface area contributed by atoms with Crippen LogP contribution in [-0.2, 0) is 13.1 Å². The van der Waals surface area contributed by atoms with Crippen molar-refractivity contribution in [3.8, 4) is 0 Å². The van der Waals surface area contributed by atoms with Gasteiger partial charge in [0.15, 0.2) is 0 Å². The monoisotopic (exact) mass is 328 g/mol. The molecule has 0 unspecified atom stereocenters. The molecule has 1 aliphatic heterocycles. The number of hydrogen-bond donors (Lipinski definition) is 2. The Morgan fingerprint density at radius 3 is 2.46 bits per heavy atom. The van der Waals surface area contributed by atoms with Crippen LogP contribution >= 0.6 is 0 Å². The van der Waals surface area contributed by atoms with Crippen LogP contribution in [0.3, 0.4) is 0 Å². The van der Waals surface area contributed by atoms with E-state index in [1.54, 1.807) is 0 Å². The highest BCUT2D eigenvalue weighted by molar-refractivity contribution is 5.50. The highest BCUT2D eigenvalue weighted by atomic mass is 16.3. The maximum atomic E-state index is 9.19. The molecule has 5 nitrogen and oxygen atoms in total. The predicted octanol–water partition coefficient (Wildman–Crippen LogP) is 3.09. The van der Waals surface area contributed by atoms with Crippen molar-refractivity contribution >= 4 is 11.5 Å². The lowest BCUT2D eigenvalue weighted by molar-refractivity contribution is 0.270. The smallest absolute Gasteiger partial charge is 0.127 e. The van der Waals surface area contributed by atoms with Crippen molar-refractivity contribution < 1.29 is 5.11 Å². The van der Waals surface area contributed by atoms with Gasteiger partial charge in [-0.25, -0.2) is 4.68 Å². The maximum absolute atomic E-state index is 9.19. The van der Waals surface area contributed by atoms with Crippen LogP contribution in [0.15, 0.2) is 24.3 Å². The van der Waals surface area contributed by atoms with Crippen molar-refractivity contribution in [3.05, 3.63) is 41.1 Å². The fourth-order valence-electron chi connectivity index (χ4n) is 3.31. The second-order valence-electron chi connectivity index (χ2n) is 6.57. The molecule has 2 N–H and O–H groups in total. The molecule has 2 heterocycles. The number of piperidine rings is 1. The molecule has 130 valence electrons. The lowest BCUT2D eigenvalue weighted by Crippen LogP contribution is -2.29. The fourth-order valence-corrected chi connectivity index (χ4v) is 3.31. The highest BCUT2D eigenvalue weighted by Crippen LogP contribution is 2.22. The molecule has 1 saturated heterocycles. The molecule has 0 aliphatic carbocycles. The zero-order valence-electron chi connectivity index (χ0n) is 14.8. The fraction of sp³-hybridized carbons (Fsp3) is 0.526. The summed E-state index contributed by atoms with van der Waals surface area (Å²) in [4.78, 5) is 2.48. The van der Waals surface area contributed by atoms with E-state index in [4.69, 9.17) is 0 Å². The maximum Gasteiger partial charge on any atom is 0.127 e. The van der Waals surface area contributed by atoms with Crippen LogP contribution in [0.2, 0.25) is 0 Å². The molecule has 1 aromatic carbocycles. The third-order valence-electron chi connectivity index (χ3n) is 4.86. The van der Waals surface area contributed by atoms with E-state index in [2.05, 4.69) is 46.5 Å². The number of hydrogen-bond acceptors (Lipinski definition) is 4. The molecule has 0 radical (unpaired) electrons. The largest absolute Gasteiger partial charge is 0.394 e. The van der Waals surface area contributed by atoms with Gasteiger partial charge in [0.2, 0.25) is 0 Å². The van der Waals surface area contributed by atoms with Gasteiger partial charge < -0.3 is 15.3 Å². The van der Waals surface area contributed by atoms with Crippen LogP contribution in [-0.4, -0.2) is 34.6 Å². The minimum Gasteiger partial charge on any atom is -0.394 e. The Morgan fingerprint density at radius 2 is 1.79 bits per heavy atom. The van der Waals surface area contributed by atoms with Crippen LogP contribution in [0.1, 0.15) is 36.1 Å². The van der Waals surface area contributed by atoms with Crippen molar-refractivity contribution in [2.24, 2.45) is 0 Å². The molecule has 1 aromatic heterocycles. The van der Waals surface area contributed by atoms with E-state index >= 15 is 0 Å². The lowest BCUT2D eigenvalue weighted by Gasteiger charge is -2.28. The molecular formula is C19H28N4O. The minimum atomic E-state index is 0.0970. The number of nitrogens with one attached hydrogen (secondary N) is 1. The average Bonchev–Trinajstić information content (AvgIpc) is 2.88. The molecular weight excluding hydrogens is 300 g/mol. The number of rotatable bonds is 6. The molecule has 3 rings (SSSR count). The number of aromatic nitrogens is 2. The summed E-state index contributed by atoms with van der Waals surface area (Å²) < 4.78 is 1.85. The van der Waals surface area contributed by atoms with Gasteiger partial charge in [-0.05, 0) is 50.8 Å². The SMILES string of the molecule is Cc1nn(CCO)c(NCc2ccc(N3CCCCC3)cc2)c1C. The summed E-state index contributed by atoms with van der Waals surface area (Å²) in [6.07, 6.45) is 3.96. The molecule has 0 amide bonds. The van der Waals surface area contributed by atoms with E-state index in [0.717, 1.165) is 23.6 Å². The van der Waals surface area contributed by atoms with Gasteiger partial charge in [0.25, 0.3) is 0 Å². The van der Waals surface area contributed by atoms with Crippen LogP contribution in [0, 0.1) is 13.8 Å². The number of nitrogens with zero attached hydrogens (tertiary/aromatic N) is 3. The number of aliphatic hydroxyl groups is 1. The van der Waals surface area contributed by atoms with Crippen molar-refractivity contribution in [2.45, 2.75) is 46.2 Å². The number of aryl methyl sites for hydroxylation is 1. The molecule has 0 spiro atoms. The first kappa shape index (κ1) is 16.8. The van der Waals surface area contributed by atoms with Crippen LogP contribution < -0.4 is 10.2 Å². The van der Waals surface area contributed by atoms with Gasteiger partial charge in [-0.2, -0.15) is 5.10 Å². The van der Waals surface area contributed by atoms with E-state index in [1.807, 2.05) is 11.6 Å². The third-order valence-corrected chi connectivity index (χ3v) is 4.86. The van der Waals surface area contributed by atoms with Gasteiger partial charge in [-0.1, -0.05) is 12.1 Å². The Bertz CT molecular complexity index is 657. The molecule has 24 heavy (non-hydrogen) atoms. The van der Waals surface area contributed by atoms with Gasteiger partial charge in [-0.3, -0.25) is 0 Å². The van der Waals surface area contributed by atoms with E-state index in [1.165, 1.54) is 43.6 Å². The number of benzene rings is 1. The van der Waals surface area contributed by atoms with Crippen LogP contribution in [0.4, 0.5) is 11.5 Å². The van der Waals surface area contributed by atoms with Gasteiger partial charge in [0, 0.05) is 30.9 Å². The second kappa shape index (κ2) is 7.71. The van der Waals surface area contributed by atoms with Gasteiger partial charge in [0.05, 0.1) is 18.8 Å². The summed E-state index contributed by atoms with van der Waals surface area (Å²) in [5, 5.41) is 17.1. The predicted molar refractivity (Wildman–Crippen MR) is 98.6 cm³/mol. The molecule has 2 aromatic rings. The Morgan fingerprint density at radius 1 is 1.08 bits per heavy atom. The normalized spacial score (nSPS) is 14.9. The Hall–Kier alpha value is -2.01. The van der Waals surface area contributed by atoms with Crippen molar-refractivity contribution in [2.75, 3.05) is 29.9 Å². The first-order chi connectivity index (χ1) is 11.7. The zero-order chi connectivity index (χ0) is 16.9. The third kappa shape index (κ3) is 3.73. The van der Waals surface area contributed by atoms with Crippen molar-refractivity contribution in [1.82, 2.24) is 9.78 Å². The standard InChI is InChI=1S/C19H28N4O/c1-15-16(2)21-23(12-13-24)19(15)20-14-17-6-8-18(9-7-17)22-10-4-3-5-11-22/h6-9,20,24H,3-5,10-14H2,1-2H3. The van der Waals surface area contributed by atoms with Gasteiger partial charge in [0.1, 0.15) is 5.82 Å². The summed E-state index contributed by atoms with van der Waals surface area (Å²) in [7, 11) is 0. The minimum absolute atomic E-state index is 0.0970. The van der Waals surface area contributed by atoms with Crippen molar-refractivity contribution in [3.63, 3.8) is 0 Å². The average molecular weight is 328 g/mol. The van der Waals surface area contributed by atoms with E-state index in [9.17, 15) is 5.11 Å². The first-order valence-electron chi connectivity index (χ1n) is 8.91. The lowest BCUT2D eigenvalue weighted by atomic mass is 10.1. The van der Waals surface area contributed by atoms with Gasteiger partial charge in [-0.15, -0.1) is 0 Å². The first-order valence-corrected chi connectivity index (χ1v) is 8.91. The van der Waals surface area contributed by atoms with E-state index in [0.29, 0.717) is 6.54 Å². The van der Waals surface area contributed by atoms with E-state index in [-0.39, 0.29) is 6.61 Å². The quantitative estimate of drug-likeness (QED) is 0.855. The highest BCUT2D eigenvalue weighted by Gasteiger charge is 2.12. The van der Waals surface area contributed by atoms with Crippen molar-refractivity contribution in [1.29, 1.82) is 0 Å². The molecule has 0 atom stereocenters. The van der Waals surface area contributed by atoms with Crippen LogP contribution in [0.5, 0.6) is 0 Å². The summed E-state index contributed by atoms with van der Waals surface area (Å²) in [6, 6.07) is 8.86. The molecule has 0 bridgehead atoms. The summed E-state index contributed by atoms with van der Waals surface area (Å²) in [5.41, 5.74) is 4.74. The second-order valence-corrected chi connectivity index (χ2v) is 6.57.